The summed E-state index contributed by atoms with van der Waals surface area (Å²) in [5.41, 5.74) is 0.681. The molecule has 1 N–H and O–H groups in total. The first-order valence-corrected chi connectivity index (χ1v) is 8.49. The number of aromatic nitrogens is 1. The number of carbonyl (C=O) groups is 1. The molecular weight excluding hydrogens is 294 g/mol. The van der Waals surface area contributed by atoms with Gasteiger partial charge >= 0.3 is 0 Å². The Bertz CT molecular complexity index is 576. The maximum absolute atomic E-state index is 12.4. The number of carbonyl (C=O) groups excluding carboxylic acids is 1. The van der Waals surface area contributed by atoms with Gasteiger partial charge in [0.25, 0.3) is 0 Å². The van der Waals surface area contributed by atoms with Crippen LogP contribution in [0, 0.1) is 11.8 Å². The number of likely N-dealkylation sites (tertiary alicyclic amines) is 1. The summed E-state index contributed by atoms with van der Waals surface area (Å²) >= 11 is 0. The second-order valence-corrected chi connectivity index (χ2v) is 6.74. The molecule has 3 aliphatic heterocycles. The lowest BCUT2D eigenvalue weighted by Gasteiger charge is -2.45. The van der Waals surface area contributed by atoms with Crippen molar-refractivity contribution in [3.05, 3.63) is 18.3 Å². The van der Waals surface area contributed by atoms with Crippen LogP contribution in [0.15, 0.2) is 18.3 Å². The van der Waals surface area contributed by atoms with Crippen molar-refractivity contribution in [3.8, 4) is 5.88 Å². The third kappa shape index (κ3) is 3.19. The fourth-order valence-corrected chi connectivity index (χ4v) is 3.82. The van der Waals surface area contributed by atoms with Crippen molar-refractivity contribution in [2.75, 3.05) is 38.2 Å². The average Bonchev–Trinajstić information content (AvgIpc) is 2.49. The van der Waals surface area contributed by atoms with E-state index in [2.05, 4.69) is 15.2 Å². The zero-order chi connectivity index (χ0) is 15.6. The second-order valence-electron chi connectivity index (χ2n) is 6.74. The molecule has 1 aromatic heterocycles. The molecule has 2 saturated heterocycles. The van der Waals surface area contributed by atoms with Crippen LogP contribution in [0.25, 0.3) is 0 Å². The smallest absolute Gasteiger partial charge is 0.237 e. The molecule has 4 rings (SSSR count). The molecule has 0 saturated carbocycles. The largest absolute Gasteiger partial charge is 0.476 e. The number of nitrogens with zero attached hydrogens (tertiary/aromatic N) is 2. The molecule has 2 atom stereocenters. The van der Waals surface area contributed by atoms with Gasteiger partial charge in [-0.2, -0.15) is 0 Å². The summed E-state index contributed by atoms with van der Waals surface area (Å²) in [6, 6.07) is 4.23. The van der Waals surface area contributed by atoms with Crippen LogP contribution >= 0.6 is 0 Å². The average molecular weight is 317 g/mol. The number of pyridine rings is 1. The van der Waals surface area contributed by atoms with Gasteiger partial charge in [0.05, 0.1) is 25.9 Å². The number of amides is 1. The molecule has 3 aliphatic rings. The van der Waals surface area contributed by atoms with E-state index in [1.807, 2.05) is 12.1 Å². The topological polar surface area (TPSA) is 63.7 Å². The number of hydrogen-bond acceptors (Lipinski definition) is 5. The highest BCUT2D eigenvalue weighted by Gasteiger charge is 2.36. The molecule has 0 spiro atoms. The van der Waals surface area contributed by atoms with Gasteiger partial charge in [-0.3, -0.25) is 9.69 Å². The van der Waals surface area contributed by atoms with Crippen LogP contribution in [0.2, 0.25) is 0 Å². The molecule has 0 bridgehead atoms. The van der Waals surface area contributed by atoms with E-state index in [0.29, 0.717) is 42.5 Å². The van der Waals surface area contributed by atoms with Crippen molar-refractivity contribution >= 4 is 11.6 Å². The molecule has 124 valence electrons. The van der Waals surface area contributed by atoms with E-state index in [4.69, 9.17) is 9.47 Å². The van der Waals surface area contributed by atoms with Crippen molar-refractivity contribution in [3.63, 3.8) is 0 Å². The third-order valence-electron chi connectivity index (χ3n) is 5.28. The SMILES string of the molecule is O=C1C[C@@H]2CCN(C3COC3)C[C@@H]2CCOc2ncccc2N1. The monoisotopic (exact) mass is 317 g/mol. The van der Waals surface area contributed by atoms with Gasteiger partial charge in [0.2, 0.25) is 11.8 Å². The highest BCUT2D eigenvalue weighted by Crippen LogP contribution is 2.33. The lowest BCUT2D eigenvalue weighted by Crippen LogP contribution is -2.54. The molecule has 2 fully saturated rings. The zero-order valence-corrected chi connectivity index (χ0v) is 13.2. The summed E-state index contributed by atoms with van der Waals surface area (Å²) < 4.78 is 11.2. The van der Waals surface area contributed by atoms with E-state index in [1.165, 1.54) is 0 Å². The van der Waals surface area contributed by atoms with Crippen molar-refractivity contribution in [2.45, 2.75) is 25.3 Å². The van der Waals surface area contributed by atoms with Crippen LogP contribution in [0.1, 0.15) is 19.3 Å². The quantitative estimate of drug-likeness (QED) is 0.851. The van der Waals surface area contributed by atoms with Crippen LogP contribution in [-0.4, -0.2) is 54.7 Å². The Morgan fingerprint density at radius 2 is 2.17 bits per heavy atom. The van der Waals surface area contributed by atoms with Crippen LogP contribution in [-0.2, 0) is 9.53 Å². The van der Waals surface area contributed by atoms with Crippen molar-refractivity contribution < 1.29 is 14.3 Å². The van der Waals surface area contributed by atoms with E-state index in [0.717, 1.165) is 39.1 Å². The first-order chi connectivity index (χ1) is 11.3. The highest BCUT2D eigenvalue weighted by molar-refractivity contribution is 5.92. The van der Waals surface area contributed by atoms with Gasteiger partial charge in [-0.25, -0.2) is 4.98 Å². The van der Waals surface area contributed by atoms with E-state index in [1.54, 1.807) is 6.20 Å². The lowest BCUT2D eigenvalue weighted by molar-refractivity contribution is -0.119. The predicted molar refractivity (Wildman–Crippen MR) is 85.4 cm³/mol. The minimum Gasteiger partial charge on any atom is -0.476 e. The maximum Gasteiger partial charge on any atom is 0.237 e. The van der Waals surface area contributed by atoms with E-state index in [9.17, 15) is 4.79 Å². The lowest BCUT2D eigenvalue weighted by atomic mass is 9.80. The van der Waals surface area contributed by atoms with Gasteiger partial charge in [-0.15, -0.1) is 0 Å². The van der Waals surface area contributed by atoms with Crippen LogP contribution < -0.4 is 10.1 Å². The Kier molecular flexibility index (Phi) is 4.18. The minimum absolute atomic E-state index is 0.0696. The Balaban J connectivity index is 1.48. The minimum atomic E-state index is 0.0696. The van der Waals surface area contributed by atoms with Gasteiger partial charge in [0.15, 0.2) is 0 Å². The summed E-state index contributed by atoms with van der Waals surface area (Å²) in [4.78, 5) is 19.1. The van der Waals surface area contributed by atoms with E-state index < -0.39 is 0 Å². The van der Waals surface area contributed by atoms with Crippen LogP contribution in [0.5, 0.6) is 5.88 Å². The predicted octanol–water partition coefficient (Wildman–Crippen LogP) is 1.53. The first-order valence-electron chi connectivity index (χ1n) is 8.49. The number of hydrogen-bond donors (Lipinski definition) is 1. The number of nitrogens with one attached hydrogen (secondary N) is 1. The van der Waals surface area contributed by atoms with Crippen molar-refractivity contribution in [1.82, 2.24) is 9.88 Å². The fraction of sp³-hybridized carbons (Fsp3) is 0.647. The molecule has 23 heavy (non-hydrogen) atoms. The van der Waals surface area contributed by atoms with Gasteiger partial charge in [-0.05, 0) is 43.4 Å². The Morgan fingerprint density at radius 3 is 3.00 bits per heavy atom. The normalized spacial score (nSPS) is 29.5. The first kappa shape index (κ1) is 14.9. The summed E-state index contributed by atoms with van der Waals surface area (Å²) in [5, 5.41) is 2.96. The molecule has 4 heterocycles. The standard InChI is InChI=1S/C17H23N3O3/c21-16-8-12-3-6-20(14-10-22-11-14)9-13(12)4-7-23-17-15(19-16)2-1-5-18-17/h1-2,5,12-14H,3-4,6-11H2,(H,19,21)/t12-,13-/m0/s1. The highest BCUT2D eigenvalue weighted by atomic mass is 16.5. The number of piperidine rings is 1. The molecular formula is C17H23N3O3. The third-order valence-corrected chi connectivity index (χ3v) is 5.28. The molecule has 0 aromatic carbocycles. The molecule has 6 nitrogen and oxygen atoms in total. The molecule has 1 amide bonds. The zero-order valence-electron chi connectivity index (χ0n) is 13.2. The van der Waals surface area contributed by atoms with Gasteiger partial charge in [0.1, 0.15) is 5.69 Å². The summed E-state index contributed by atoms with van der Waals surface area (Å²) in [6.45, 7) is 4.47. The number of ether oxygens (including phenoxy) is 2. The molecule has 0 aliphatic carbocycles. The molecule has 0 unspecified atom stereocenters. The van der Waals surface area contributed by atoms with Gasteiger partial charge < -0.3 is 14.8 Å². The summed E-state index contributed by atoms with van der Waals surface area (Å²) in [7, 11) is 0. The second kappa shape index (κ2) is 6.45. The number of rotatable bonds is 1. The van der Waals surface area contributed by atoms with Crippen molar-refractivity contribution in [2.24, 2.45) is 11.8 Å². The maximum atomic E-state index is 12.4. The molecule has 0 radical (unpaired) electrons. The van der Waals surface area contributed by atoms with E-state index >= 15 is 0 Å². The molecule has 6 heteroatoms. The van der Waals surface area contributed by atoms with Crippen molar-refractivity contribution in [1.29, 1.82) is 0 Å². The van der Waals surface area contributed by atoms with Crippen LogP contribution in [0.4, 0.5) is 5.69 Å². The molecule has 1 aromatic rings. The Labute approximate surface area is 136 Å². The number of fused-ring (bicyclic) bond motifs is 2. The van der Waals surface area contributed by atoms with Crippen LogP contribution in [0.3, 0.4) is 0 Å². The van der Waals surface area contributed by atoms with Gasteiger partial charge in [-0.1, -0.05) is 0 Å². The Morgan fingerprint density at radius 1 is 1.26 bits per heavy atom. The van der Waals surface area contributed by atoms with E-state index in [-0.39, 0.29) is 5.91 Å². The summed E-state index contributed by atoms with van der Waals surface area (Å²) in [5.74, 6) is 1.54. The fourth-order valence-electron chi connectivity index (χ4n) is 3.82. The summed E-state index contributed by atoms with van der Waals surface area (Å²) in [6.07, 6.45) is 4.33. The number of anilines is 1. The van der Waals surface area contributed by atoms with Gasteiger partial charge in [0, 0.05) is 19.2 Å². The Hall–Kier alpha value is -1.66.